The molecule has 5 nitrogen and oxygen atoms in total. The summed E-state index contributed by atoms with van der Waals surface area (Å²) in [6.45, 7) is 2.54. The second-order valence-electron chi connectivity index (χ2n) is 5.42. The van der Waals surface area contributed by atoms with Gasteiger partial charge >= 0.3 is 0 Å². The molecule has 100 valence electrons. The van der Waals surface area contributed by atoms with Crippen LogP contribution in [0.3, 0.4) is 0 Å². The summed E-state index contributed by atoms with van der Waals surface area (Å²) in [6.07, 6.45) is 7.20. The minimum Gasteiger partial charge on any atom is -0.379 e. The van der Waals surface area contributed by atoms with Gasteiger partial charge in [-0.2, -0.15) is 0 Å². The van der Waals surface area contributed by atoms with Crippen LogP contribution in [0.5, 0.6) is 0 Å². The molecule has 1 unspecified atom stereocenters. The van der Waals surface area contributed by atoms with Gasteiger partial charge in [0.2, 0.25) is 0 Å². The third-order valence-electron chi connectivity index (χ3n) is 3.90. The van der Waals surface area contributed by atoms with E-state index in [1.807, 2.05) is 12.4 Å². The molecule has 2 fully saturated rings. The van der Waals surface area contributed by atoms with E-state index in [4.69, 9.17) is 9.72 Å². The van der Waals surface area contributed by atoms with Crippen LogP contribution in [0.15, 0.2) is 18.5 Å². The van der Waals surface area contributed by atoms with Gasteiger partial charge in [0.25, 0.3) is 0 Å². The van der Waals surface area contributed by atoms with Crippen LogP contribution in [0, 0.1) is 0 Å². The average Bonchev–Trinajstić information content (AvgIpc) is 3.21. The van der Waals surface area contributed by atoms with E-state index in [1.54, 1.807) is 0 Å². The third kappa shape index (κ3) is 2.13. The highest BCUT2D eigenvalue weighted by molar-refractivity contribution is 5.75. The van der Waals surface area contributed by atoms with Gasteiger partial charge in [0.15, 0.2) is 0 Å². The van der Waals surface area contributed by atoms with Gasteiger partial charge in [-0.3, -0.25) is 4.98 Å². The molecule has 0 bridgehead atoms. The number of hydrogen-bond donors (Lipinski definition) is 1. The fourth-order valence-electron chi connectivity index (χ4n) is 2.86. The number of ether oxygens (including phenoxy) is 1. The largest absolute Gasteiger partial charge is 0.379 e. The third-order valence-corrected chi connectivity index (χ3v) is 3.90. The van der Waals surface area contributed by atoms with Crippen molar-refractivity contribution in [3.05, 3.63) is 24.3 Å². The van der Waals surface area contributed by atoms with Gasteiger partial charge in [-0.05, 0) is 18.9 Å². The highest BCUT2D eigenvalue weighted by atomic mass is 16.5. The zero-order valence-corrected chi connectivity index (χ0v) is 10.9. The topological polar surface area (TPSA) is 52.0 Å². The lowest BCUT2D eigenvalue weighted by atomic mass is 10.2. The molecule has 0 aromatic carbocycles. The number of pyridine rings is 1. The standard InChI is InChI=1S/C14H18N4O/c1-2-11(1)18-13-3-4-15-8-12(13)17-14(18)7-10-9-19-6-5-16-10/h3-4,8,10-11,16H,1-2,5-7,9H2. The van der Waals surface area contributed by atoms with Crippen LogP contribution in [-0.4, -0.2) is 40.3 Å². The average molecular weight is 258 g/mol. The number of aromatic nitrogens is 3. The number of hydrogen-bond acceptors (Lipinski definition) is 4. The summed E-state index contributed by atoms with van der Waals surface area (Å²) in [4.78, 5) is 8.95. The SMILES string of the molecule is c1cc2c(cn1)nc(CC1COCCN1)n2C1CC1. The second-order valence-corrected chi connectivity index (χ2v) is 5.42. The van der Waals surface area contributed by atoms with Crippen LogP contribution < -0.4 is 5.32 Å². The highest BCUT2D eigenvalue weighted by Crippen LogP contribution is 2.38. The summed E-state index contributed by atoms with van der Waals surface area (Å²) >= 11 is 0. The number of nitrogens with zero attached hydrogens (tertiary/aromatic N) is 3. The van der Waals surface area contributed by atoms with E-state index in [2.05, 4.69) is 20.9 Å². The molecule has 1 saturated carbocycles. The fourth-order valence-corrected chi connectivity index (χ4v) is 2.86. The van der Waals surface area contributed by atoms with Crippen LogP contribution in [0.1, 0.15) is 24.7 Å². The summed E-state index contributed by atoms with van der Waals surface area (Å²) in [5, 5.41) is 3.50. The fraction of sp³-hybridized carbons (Fsp3) is 0.571. The van der Waals surface area contributed by atoms with Crippen molar-refractivity contribution in [1.29, 1.82) is 0 Å². The van der Waals surface area contributed by atoms with Gasteiger partial charge in [0, 0.05) is 31.2 Å². The summed E-state index contributed by atoms with van der Waals surface area (Å²) < 4.78 is 7.94. The maximum absolute atomic E-state index is 5.53. The molecule has 1 aliphatic carbocycles. The van der Waals surface area contributed by atoms with Crippen LogP contribution in [-0.2, 0) is 11.2 Å². The Bertz CT molecular complexity index is 584. The van der Waals surface area contributed by atoms with Crippen molar-refractivity contribution >= 4 is 11.0 Å². The number of imidazole rings is 1. The van der Waals surface area contributed by atoms with Crippen molar-refractivity contribution in [1.82, 2.24) is 19.9 Å². The van der Waals surface area contributed by atoms with Gasteiger partial charge in [0.05, 0.1) is 24.9 Å². The minimum atomic E-state index is 0.385. The molecule has 0 spiro atoms. The number of fused-ring (bicyclic) bond motifs is 1. The quantitative estimate of drug-likeness (QED) is 0.901. The van der Waals surface area contributed by atoms with Crippen molar-refractivity contribution in [2.24, 2.45) is 0 Å². The molecule has 1 atom stereocenters. The Morgan fingerprint density at radius 3 is 3.16 bits per heavy atom. The molecule has 2 aromatic rings. The van der Waals surface area contributed by atoms with E-state index in [9.17, 15) is 0 Å². The number of rotatable bonds is 3. The molecule has 2 aromatic heterocycles. The zero-order valence-electron chi connectivity index (χ0n) is 10.9. The number of morpholine rings is 1. The van der Waals surface area contributed by atoms with Crippen molar-refractivity contribution in [2.75, 3.05) is 19.8 Å². The lowest BCUT2D eigenvalue weighted by Gasteiger charge is -2.23. The van der Waals surface area contributed by atoms with Crippen molar-refractivity contribution in [3.8, 4) is 0 Å². The van der Waals surface area contributed by atoms with Crippen LogP contribution >= 0.6 is 0 Å². The Balaban J connectivity index is 1.69. The van der Waals surface area contributed by atoms with E-state index in [0.717, 1.165) is 31.7 Å². The lowest BCUT2D eigenvalue weighted by Crippen LogP contribution is -2.43. The van der Waals surface area contributed by atoms with E-state index in [-0.39, 0.29) is 0 Å². The van der Waals surface area contributed by atoms with Crippen molar-refractivity contribution < 1.29 is 4.74 Å². The highest BCUT2D eigenvalue weighted by Gasteiger charge is 2.29. The molecule has 5 heteroatoms. The van der Waals surface area contributed by atoms with E-state index in [0.29, 0.717) is 12.1 Å². The monoisotopic (exact) mass is 258 g/mol. The first-order valence-electron chi connectivity index (χ1n) is 7.04. The molecule has 1 N–H and O–H groups in total. The first-order valence-corrected chi connectivity index (χ1v) is 7.04. The zero-order chi connectivity index (χ0) is 12.7. The van der Waals surface area contributed by atoms with Crippen molar-refractivity contribution in [3.63, 3.8) is 0 Å². The smallest absolute Gasteiger partial charge is 0.111 e. The molecule has 0 amide bonds. The minimum absolute atomic E-state index is 0.385. The second kappa shape index (κ2) is 4.58. The van der Waals surface area contributed by atoms with Gasteiger partial charge in [-0.1, -0.05) is 0 Å². The normalized spacial score (nSPS) is 23.9. The van der Waals surface area contributed by atoms with Gasteiger partial charge in [-0.15, -0.1) is 0 Å². The molecule has 3 heterocycles. The molecule has 2 aliphatic rings. The van der Waals surface area contributed by atoms with E-state index in [1.165, 1.54) is 24.2 Å². The molecular formula is C14H18N4O. The molecular weight excluding hydrogens is 240 g/mol. The predicted molar refractivity (Wildman–Crippen MR) is 72.1 cm³/mol. The van der Waals surface area contributed by atoms with Gasteiger partial charge in [0.1, 0.15) is 11.3 Å². The maximum atomic E-state index is 5.53. The Morgan fingerprint density at radius 1 is 1.42 bits per heavy atom. The first-order chi connectivity index (χ1) is 9.42. The summed E-state index contributed by atoms with van der Waals surface area (Å²) in [6, 6.07) is 3.11. The number of nitrogens with one attached hydrogen (secondary N) is 1. The van der Waals surface area contributed by atoms with E-state index >= 15 is 0 Å². The Kier molecular flexibility index (Phi) is 2.74. The van der Waals surface area contributed by atoms with E-state index < -0.39 is 0 Å². The summed E-state index contributed by atoms with van der Waals surface area (Å²) in [5.41, 5.74) is 2.24. The molecule has 0 radical (unpaired) electrons. The lowest BCUT2D eigenvalue weighted by molar-refractivity contribution is 0.0761. The van der Waals surface area contributed by atoms with Gasteiger partial charge < -0.3 is 14.6 Å². The molecule has 1 saturated heterocycles. The predicted octanol–water partition coefficient (Wildman–Crippen LogP) is 1.30. The Labute approximate surface area is 112 Å². The molecule has 4 rings (SSSR count). The Morgan fingerprint density at radius 2 is 2.37 bits per heavy atom. The molecule has 19 heavy (non-hydrogen) atoms. The Hall–Kier alpha value is -1.46. The summed E-state index contributed by atoms with van der Waals surface area (Å²) in [5.74, 6) is 1.17. The van der Waals surface area contributed by atoms with Crippen LogP contribution in [0.25, 0.3) is 11.0 Å². The van der Waals surface area contributed by atoms with Crippen molar-refractivity contribution in [2.45, 2.75) is 31.3 Å². The first kappa shape index (κ1) is 11.4. The molecule has 1 aliphatic heterocycles. The maximum Gasteiger partial charge on any atom is 0.111 e. The van der Waals surface area contributed by atoms with Crippen LogP contribution in [0.4, 0.5) is 0 Å². The summed E-state index contributed by atoms with van der Waals surface area (Å²) in [7, 11) is 0. The van der Waals surface area contributed by atoms with Gasteiger partial charge in [-0.25, -0.2) is 4.98 Å². The van der Waals surface area contributed by atoms with Crippen LogP contribution in [0.2, 0.25) is 0 Å².